The van der Waals surface area contributed by atoms with Crippen LogP contribution in [0.2, 0.25) is 0 Å². The monoisotopic (exact) mass is 412 g/mol. The predicted octanol–water partition coefficient (Wildman–Crippen LogP) is 4.86. The summed E-state index contributed by atoms with van der Waals surface area (Å²) in [6.45, 7) is 0. The topological polar surface area (TPSA) is 38.9 Å². The molecule has 1 aromatic heterocycles. The second kappa shape index (κ2) is 5.77. The van der Waals surface area contributed by atoms with Crippen molar-refractivity contribution in [3.8, 4) is 0 Å². The van der Waals surface area contributed by atoms with Gasteiger partial charge in [0.05, 0.1) is 0 Å². The number of alkyl halides is 13. The van der Waals surface area contributed by atoms with Gasteiger partial charge in [-0.1, -0.05) is 0 Å². The average molecular weight is 412 g/mol. The highest BCUT2D eigenvalue weighted by atomic mass is 19.4. The van der Waals surface area contributed by atoms with Crippen molar-refractivity contribution in [3.05, 3.63) is 23.9 Å². The van der Waals surface area contributed by atoms with Crippen molar-refractivity contribution in [3.63, 3.8) is 0 Å². The van der Waals surface area contributed by atoms with Crippen LogP contribution in [0.4, 0.5) is 62.9 Å². The first-order valence-corrected chi connectivity index (χ1v) is 5.93. The summed E-state index contributed by atoms with van der Waals surface area (Å²) in [6.07, 6.45) is -7.70. The van der Waals surface area contributed by atoms with E-state index >= 15 is 0 Å². The van der Waals surface area contributed by atoms with Gasteiger partial charge in [-0.3, -0.25) is 0 Å². The van der Waals surface area contributed by atoms with Gasteiger partial charge >= 0.3 is 35.8 Å². The van der Waals surface area contributed by atoms with Crippen molar-refractivity contribution in [2.24, 2.45) is 0 Å². The van der Waals surface area contributed by atoms with Gasteiger partial charge in [-0.05, 0) is 12.1 Å². The third kappa shape index (κ3) is 2.80. The summed E-state index contributed by atoms with van der Waals surface area (Å²) in [5, 5.41) is 0. The fourth-order valence-electron chi connectivity index (χ4n) is 1.54. The number of pyridine rings is 1. The normalized spacial score (nSPS) is 15.3. The van der Waals surface area contributed by atoms with Crippen molar-refractivity contribution in [2.75, 3.05) is 5.73 Å². The molecule has 26 heavy (non-hydrogen) atoms. The highest BCUT2D eigenvalue weighted by Crippen LogP contribution is 2.61. The number of nitrogens with two attached hydrogens (primary N) is 1. The minimum Gasteiger partial charge on any atom is -0.384 e. The highest BCUT2D eigenvalue weighted by Gasteiger charge is 2.90. The molecular formula is C11H5F13N2. The molecule has 1 heterocycles. The smallest absolute Gasteiger partial charge is 0.384 e. The second-order valence-electron chi connectivity index (χ2n) is 4.84. The standard InChI is InChI=1S/C11H5F13N2/c12-6(13,4-1-2-5(25)26-3-4)7(14,15)8(16,17)9(18,19)10(20,21)11(22,23)24/h1-3H,(H2,25,26). The fourth-order valence-corrected chi connectivity index (χ4v) is 1.54. The zero-order valence-corrected chi connectivity index (χ0v) is 11.7. The van der Waals surface area contributed by atoms with E-state index in [2.05, 4.69) is 4.98 Å². The molecule has 150 valence electrons. The molecule has 2 N–H and O–H groups in total. The zero-order chi connectivity index (χ0) is 21.0. The van der Waals surface area contributed by atoms with Crippen LogP contribution in [0.5, 0.6) is 0 Å². The van der Waals surface area contributed by atoms with Crippen LogP contribution in [0.3, 0.4) is 0 Å². The van der Waals surface area contributed by atoms with E-state index in [9.17, 15) is 57.1 Å². The Kier molecular flexibility index (Phi) is 4.90. The lowest BCUT2D eigenvalue weighted by Gasteiger charge is -2.39. The summed E-state index contributed by atoms with van der Waals surface area (Å²) in [5.41, 5.74) is 2.72. The van der Waals surface area contributed by atoms with E-state index in [4.69, 9.17) is 5.73 Å². The molecule has 0 saturated heterocycles. The largest absolute Gasteiger partial charge is 0.460 e. The Labute approximate surface area is 134 Å². The Bertz CT molecular complexity index is 647. The van der Waals surface area contributed by atoms with Crippen LogP contribution in [0.25, 0.3) is 0 Å². The summed E-state index contributed by atoms with van der Waals surface area (Å²) in [6, 6.07) is 0.270. The summed E-state index contributed by atoms with van der Waals surface area (Å²) >= 11 is 0. The minimum absolute atomic E-state index is 0.0770. The highest BCUT2D eigenvalue weighted by molar-refractivity contribution is 5.32. The number of anilines is 1. The van der Waals surface area contributed by atoms with Gasteiger partial charge in [0.2, 0.25) is 0 Å². The molecular weight excluding hydrogens is 407 g/mol. The van der Waals surface area contributed by atoms with Crippen LogP contribution < -0.4 is 5.73 Å². The molecule has 1 rings (SSSR count). The molecule has 1 aromatic rings. The van der Waals surface area contributed by atoms with Crippen LogP contribution in [0.1, 0.15) is 5.56 Å². The molecule has 0 aliphatic heterocycles. The lowest BCUT2D eigenvalue weighted by atomic mass is 9.91. The number of hydrogen-bond acceptors (Lipinski definition) is 2. The van der Waals surface area contributed by atoms with E-state index in [0.717, 1.165) is 0 Å². The molecule has 0 aliphatic carbocycles. The SMILES string of the molecule is Nc1ccc(C(F)(F)C(F)(F)C(F)(F)C(F)(F)C(F)(F)C(F)(F)F)cn1. The average Bonchev–Trinajstić information content (AvgIpc) is 2.45. The molecule has 0 saturated carbocycles. The molecule has 0 spiro atoms. The summed E-state index contributed by atoms with van der Waals surface area (Å²) in [7, 11) is 0. The molecule has 2 nitrogen and oxygen atoms in total. The lowest BCUT2D eigenvalue weighted by molar-refractivity contribution is -0.441. The van der Waals surface area contributed by atoms with Crippen molar-refractivity contribution in [2.45, 2.75) is 35.8 Å². The Morgan fingerprint density at radius 3 is 1.38 bits per heavy atom. The van der Waals surface area contributed by atoms with Gasteiger partial charge in [0.25, 0.3) is 0 Å². The van der Waals surface area contributed by atoms with Gasteiger partial charge in [-0.2, -0.15) is 57.1 Å². The summed E-state index contributed by atoms with van der Waals surface area (Å²) in [4.78, 5) is 2.80. The van der Waals surface area contributed by atoms with Crippen LogP contribution in [-0.4, -0.2) is 34.9 Å². The van der Waals surface area contributed by atoms with E-state index in [0.29, 0.717) is 6.07 Å². The maximum Gasteiger partial charge on any atom is 0.460 e. The Morgan fingerprint density at radius 1 is 0.615 bits per heavy atom. The number of aromatic nitrogens is 1. The van der Waals surface area contributed by atoms with Crippen LogP contribution in [0.15, 0.2) is 18.3 Å². The predicted molar refractivity (Wildman–Crippen MR) is 58.4 cm³/mol. The zero-order valence-electron chi connectivity index (χ0n) is 11.7. The molecule has 0 amide bonds. The van der Waals surface area contributed by atoms with Gasteiger partial charge in [0, 0.05) is 11.8 Å². The fraction of sp³-hybridized carbons (Fsp3) is 0.545. The number of nitrogen functional groups attached to an aromatic ring is 1. The third-order valence-electron chi connectivity index (χ3n) is 3.08. The van der Waals surface area contributed by atoms with Crippen molar-refractivity contribution >= 4 is 5.82 Å². The number of nitrogens with zero attached hydrogens (tertiary/aromatic N) is 1. The first-order chi connectivity index (χ1) is 11.2. The maximum absolute atomic E-state index is 13.6. The van der Waals surface area contributed by atoms with Crippen LogP contribution in [-0.2, 0) is 5.92 Å². The first-order valence-electron chi connectivity index (χ1n) is 5.93. The van der Waals surface area contributed by atoms with E-state index in [-0.39, 0.29) is 12.3 Å². The molecule has 0 atom stereocenters. The Morgan fingerprint density at radius 2 is 1.04 bits per heavy atom. The minimum atomic E-state index is -7.92. The van der Waals surface area contributed by atoms with Gasteiger partial charge < -0.3 is 5.73 Å². The second-order valence-corrected chi connectivity index (χ2v) is 4.84. The molecule has 0 unspecified atom stereocenters. The molecule has 0 radical (unpaired) electrons. The molecule has 0 aliphatic rings. The molecule has 0 aromatic carbocycles. The quantitative estimate of drug-likeness (QED) is 0.702. The Hall–Kier alpha value is -1.96. The van der Waals surface area contributed by atoms with Gasteiger partial charge in [0.1, 0.15) is 5.82 Å². The van der Waals surface area contributed by atoms with E-state index in [1.54, 1.807) is 0 Å². The summed E-state index contributed by atoms with van der Waals surface area (Å²) < 4.78 is 168. The van der Waals surface area contributed by atoms with Crippen LogP contribution >= 0.6 is 0 Å². The van der Waals surface area contributed by atoms with Gasteiger partial charge in [-0.15, -0.1) is 0 Å². The summed E-state index contributed by atoms with van der Waals surface area (Å²) in [5.74, 6) is -37.8. The van der Waals surface area contributed by atoms with Gasteiger partial charge in [0.15, 0.2) is 0 Å². The third-order valence-corrected chi connectivity index (χ3v) is 3.08. The first kappa shape index (κ1) is 22.1. The van der Waals surface area contributed by atoms with Crippen molar-refractivity contribution < 1.29 is 57.1 Å². The number of rotatable bonds is 5. The van der Waals surface area contributed by atoms with Crippen LogP contribution in [0, 0.1) is 0 Å². The molecule has 0 fully saturated rings. The van der Waals surface area contributed by atoms with E-state index in [1.807, 2.05) is 0 Å². The van der Waals surface area contributed by atoms with E-state index < -0.39 is 47.2 Å². The van der Waals surface area contributed by atoms with E-state index in [1.165, 1.54) is 0 Å². The number of hydrogen-bond donors (Lipinski definition) is 1. The maximum atomic E-state index is 13.6. The Balaban J connectivity index is 3.55. The van der Waals surface area contributed by atoms with Crippen molar-refractivity contribution in [1.29, 1.82) is 0 Å². The molecule has 15 heteroatoms. The molecule has 0 bridgehead atoms. The lowest BCUT2D eigenvalue weighted by Crippen LogP contribution is -2.69. The van der Waals surface area contributed by atoms with Gasteiger partial charge in [-0.25, -0.2) is 4.98 Å². The number of halogens is 13. The van der Waals surface area contributed by atoms with Crippen molar-refractivity contribution in [1.82, 2.24) is 4.98 Å².